The van der Waals surface area contributed by atoms with Crippen molar-refractivity contribution in [1.29, 1.82) is 0 Å². The predicted octanol–water partition coefficient (Wildman–Crippen LogP) is 8.23. The highest BCUT2D eigenvalue weighted by molar-refractivity contribution is 6.04. The molecule has 0 atom stereocenters. The summed E-state index contributed by atoms with van der Waals surface area (Å²) in [6.07, 6.45) is -2.54. The third kappa shape index (κ3) is 5.88. The number of hydrogen-bond donors (Lipinski definition) is 0. The highest BCUT2D eigenvalue weighted by Crippen LogP contribution is 2.38. The Morgan fingerprint density at radius 1 is 0.541 bits per heavy atom. The highest BCUT2D eigenvalue weighted by Gasteiger charge is 2.18. The molecule has 0 heterocycles. The summed E-state index contributed by atoms with van der Waals surface area (Å²) in [6.45, 7) is -0.537. The van der Waals surface area contributed by atoms with Crippen LogP contribution in [0.15, 0.2) is 97.1 Å². The molecule has 0 saturated heterocycles. The van der Waals surface area contributed by atoms with Crippen LogP contribution in [0, 0.1) is 0 Å². The Labute approximate surface area is 217 Å². The van der Waals surface area contributed by atoms with Crippen LogP contribution in [-0.4, -0.2) is 28.2 Å². The molecule has 0 fully saturated rings. The largest absolute Gasteiger partial charge is 0.378 e. The molecule has 0 aliphatic rings. The van der Waals surface area contributed by atoms with Gasteiger partial charge in [0.05, 0.1) is 0 Å². The molecule has 0 aromatic heterocycles. The number of hydrogen-bond acceptors (Lipinski definition) is 2. The average Bonchev–Trinajstić information content (AvgIpc) is 2.92. The molecule has 0 unspecified atom stereocenters. The van der Waals surface area contributed by atoms with Crippen LogP contribution >= 0.6 is 0 Å². The molecule has 4 aromatic rings. The van der Waals surface area contributed by atoms with Crippen LogP contribution in [0.3, 0.4) is 0 Å². The van der Waals surface area contributed by atoms with E-state index in [0.29, 0.717) is 5.56 Å². The maximum absolute atomic E-state index is 13.4. The lowest BCUT2D eigenvalue weighted by Crippen LogP contribution is -2.08. The quantitative estimate of drug-likeness (QED) is 0.225. The lowest BCUT2D eigenvalue weighted by molar-refractivity contribution is 0.151. The van der Waals surface area contributed by atoms with Gasteiger partial charge in [-0.1, -0.05) is 72.8 Å². The van der Waals surface area contributed by atoms with Crippen molar-refractivity contribution in [2.24, 2.45) is 0 Å². The van der Waals surface area contributed by atoms with Gasteiger partial charge in [-0.3, -0.25) is 0 Å². The molecule has 0 bridgehead atoms. The molecular formula is C32H31F3N2. The van der Waals surface area contributed by atoms with Crippen LogP contribution in [0.1, 0.15) is 39.8 Å². The van der Waals surface area contributed by atoms with Gasteiger partial charge in [-0.2, -0.15) is 0 Å². The Morgan fingerprint density at radius 2 is 0.865 bits per heavy atom. The second kappa shape index (κ2) is 11.4. The topological polar surface area (TPSA) is 6.48 Å². The lowest BCUT2D eigenvalue weighted by atomic mass is 9.85. The SMILES string of the molecule is CN(C)c1ccc(C(=C(c2ccc(C(F)F)cc2)c2ccc(N(C)C)cc2)c2ccc(CF)cc2)cc1. The average molecular weight is 501 g/mol. The minimum Gasteiger partial charge on any atom is -0.378 e. The fourth-order valence-electron chi connectivity index (χ4n) is 4.32. The first kappa shape index (κ1) is 26.1. The molecule has 190 valence electrons. The number of anilines is 2. The standard InChI is InChI=1S/C32H31F3N2/c1-36(2)28-17-13-25(14-18-28)30(23-7-5-22(21-33)6-8-23)31(24-9-11-27(12-10-24)32(34)35)26-15-19-29(20-16-26)37(3)4/h5-20,32H,21H2,1-4H3. The number of halogens is 3. The normalized spacial score (nSPS) is 11.9. The molecule has 0 spiro atoms. The minimum atomic E-state index is -2.54. The van der Waals surface area contributed by atoms with E-state index in [4.69, 9.17) is 0 Å². The molecule has 0 saturated carbocycles. The molecule has 4 rings (SSSR count). The molecule has 4 aromatic carbocycles. The second-order valence-corrected chi connectivity index (χ2v) is 9.39. The summed E-state index contributed by atoms with van der Waals surface area (Å²) in [6, 6.07) is 30.3. The van der Waals surface area contributed by atoms with Gasteiger partial charge >= 0.3 is 0 Å². The number of alkyl halides is 3. The third-order valence-corrected chi connectivity index (χ3v) is 6.44. The summed E-state index contributed by atoms with van der Waals surface area (Å²) in [5.74, 6) is 0. The van der Waals surface area contributed by atoms with E-state index in [0.717, 1.165) is 44.8 Å². The van der Waals surface area contributed by atoms with E-state index in [2.05, 4.69) is 36.4 Å². The smallest absolute Gasteiger partial charge is 0.263 e. The van der Waals surface area contributed by atoms with E-state index in [1.54, 1.807) is 24.3 Å². The van der Waals surface area contributed by atoms with Crippen molar-refractivity contribution in [1.82, 2.24) is 0 Å². The van der Waals surface area contributed by atoms with Gasteiger partial charge in [0, 0.05) is 45.1 Å². The van der Waals surface area contributed by atoms with Crippen molar-refractivity contribution >= 4 is 22.5 Å². The van der Waals surface area contributed by atoms with Crippen molar-refractivity contribution in [3.8, 4) is 0 Å². The lowest BCUT2D eigenvalue weighted by Gasteiger charge is -2.20. The van der Waals surface area contributed by atoms with Crippen molar-refractivity contribution in [2.45, 2.75) is 13.1 Å². The fourth-order valence-corrected chi connectivity index (χ4v) is 4.32. The van der Waals surface area contributed by atoms with Crippen LogP contribution in [0.25, 0.3) is 11.1 Å². The molecule has 0 radical (unpaired) electrons. The van der Waals surface area contributed by atoms with Crippen LogP contribution < -0.4 is 9.80 Å². The molecular weight excluding hydrogens is 469 g/mol. The Kier molecular flexibility index (Phi) is 8.02. The van der Waals surface area contributed by atoms with Gasteiger partial charge in [-0.25, -0.2) is 13.2 Å². The van der Waals surface area contributed by atoms with Crippen molar-refractivity contribution in [3.63, 3.8) is 0 Å². The van der Waals surface area contributed by atoms with E-state index in [9.17, 15) is 13.2 Å². The first-order chi connectivity index (χ1) is 17.8. The summed E-state index contributed by atoms with van der Waals surface area (Å²) in [7, 11) is 7.95. The number of benzene rings is 4. The maximum Gasteiger partial charge on any atom is 0.263 e. The molecule has 0 N–H and O–H groups in total. The Balaban J connectivity index is 2.02. The van der Waals surface area contributed by atoms with E-state index >= 15 is 0 Å². The maximum atomic E-state index is 13.4. The Bertz CT molecular complexity index is 1280. The zero-order chi connectivity index (χ0) is 26.5. The first-order valence-electron chi connectivity index (χ1n) is 12.1. The van der Waals surface area contributed by atoms with E-state index in [1.165, 1.54) is 12.1 Å². The Hall–Kier alpha value is -3.99. The van der Waals surface area contributed by atoms with Gasteiger partial charge < -0.3 is 9.80 Å². The zero-order valence-electron chi connectivity index (χ0n) is 21.6. The highest BCUT2D eigenvalue weighted by atomic mass is 19.3. The molecule has 0 aliphatic heterocycles. The van der Waals surface area contributed by atoms with Gasteiger partial charge in [0.1, 0.15) is 6.67 Å². The Morgan fingerprint density at radius 3 is 1.16 bits per heavy atom. The minimum absolute atomic E-state index is 0.0183. The van der Waals surface area contributed by atoms with Gasteiger partial charge in [-0.05, 0) is 63.2 Å². The second-order valence-electron chi connectivity index (χ2n) is 9.39. The van der Waals surface area contributed by atoms with Crippen molar-refractivity contribution in [2.75, 3.05) is 38.0 Å². The van der Waals surface area contributed by atoms with Crippen LogP contribution in [0.2, 0.25) is 0 Å². The van der Waals surface area contributed by atoms with Gasteiger partial charge in [0.2, 0.25) is 0 Å². The molecule has 37 heavy (non-hydrogen) atoms. The molecule has 2 nitrogen and oxygen atoms in total. The third-order valence-electron chi connectivity index (χ3n) is 6.44. The zero-order valence-corrected chi connectivity index (χ0v) is 21.6. The predicted molar refractivity (Wildman–Crippen MR) is 149 cm³/mol. The van der Waals surface area contributed by atoms with Gasteiger partial charge in [-0.15, -0.1) is 0 Å². The van der Waals surface area contributed by atoms with Crippen molar-refractivity contribution < 1.29 is 13.2 Å². The van der Waals surface area contributed by atoms with Crippen LogP contribution in [0.4, 0.5) is 24.5 Å². The summed E-state index contributed by atoms with van der Waals surface area (Å²) in [5.41, 5.74) is 8.23. The summed E-state index contributed by atoms with van der Waals surface area (Å²) >= 11 is 0. The van der Waals surface area contributed by atoms with Crippen molar-refractivity contribution in [3.05, 3.63) is 130 Å². The van der Waals surface area contributed by atoms with Crippen LogP contribution in [0.5, 0.6) is 0 Å². The summed E-state index contributed by atoms with van der Waals surface area (Å²) in [5, 5.41) is 0. The van der Waals surface area contributed by atoms with E-state index in [-0.39, 0.29) is 5.56 Å². The van der Waals surface area contributed by atoms with E-state index in [1.807, 2.05) is 62.3 Å². The van der Waals surface area contributed by atoms with Gasteiger partial charge in [0.25, 0.3) is 6.43 Å². The van der Waals surface area contributed by atoms with Crippen LogP contribution in [-0.2, 0) is 6.67 Å². The molecule has 5 heteroatoms. The molecule has 0 aliphatic carbocycles. The number of nitrogens with zero attached hydrogens (tertiary/aromatic N) is 2. The number of rotatable bonds is 8. The summed E-state index contributed by atoms with van der Waals surface area (Å²) < 4.78 is 40.0. The summed E-state index contributed by atoms with van der Waals surface area (Å²) in [4.78, 5) is 4.06. The monoisotopic (exact) mass is 500 g/mol. The van der Waals surface area contributed by atoms with Gasteiger partial charge in [0.15, 0.2) is 0 Å². The van der Waals surface area contributed by atoms with E-state index < -0.39 is 13.1 Å². The first-order valence-corrected chi connectivity index (χ1v) is 12.1. The fraction of sp³-hybridized carbons (Fsp3) is 0.188. The molecule has 0 amide bonds.